The van der Waals surface area contributed by atoms with Crippen molar-refractivity contribution in [2.24, 2.45) is 11.7 Å². The molecule has 0 aliphatic heterocycles. The van der Waals surface area contributed by atoms with Gasteiger partial charge in [0.05, 0.1) is 18.7 Å². The van der Waals surface area contributed by atoms with Crippen LogP contribution in [0.3, 0.4) is 0 Å². The number of imidazole rings is 2. The average Bonchev–Trinajstić information content (AvgIpc) is 3.65. The van der Waals surface area contributed by atoms with Crippen LogP contribution in [-0.2, 0) is 38.4 Å². The molecular formula is C27H36N8O5. The molecule has 0 fully saturated rings. The van der Waals surface area contributed by atoms with Gasteiger partial charge in [-0.15, -0.1) is 0 Å². The number of aromatic amines is 2. The maximum Gasteiger partial charge on any atom is 0.326 e. The van der Waals surface area contributed by atoms with Crippen molar-refractivity contribution in [3.05, 3.63) is 72.3 Å². The number of amides is 3. The molecule has 0 aliphatic carbocycles. The number of carboxylic acids is 1. The minimum absolute atomic E-state index is 0.0108. The van der Waals surface area contributed by atoms with E-state index in [9.17, 15) is 24.3 Å². The van der Waals surface area contributed by atoms with Crippen molar-refractivity contribution in [1.82, 2.24) is 35.9 Å². The predicted octanol–water partition coefficient (Wildman–Crippen LogP) is 0.0731. The van der Waals surface area contributed by atoms with Crippen LogP contribution in [0.15, 0.2) is 55.4 Å². The molecular weight excluding hydrogens is 516 g/mol. The number of hydrogen-bond donors (Lipinski definition) is 7. The predicted molar refractivity (Wildman–Crippen MR) is 146 cm³/mol. The van der Waals surface area contributed by atoms with Crippen molar-refractivity contribution in [3.8, 4) is 0 Å². The molecule has 0 saturated carbocycles. The van der Waals surface area contributed by atoms with Crippen LogP contribution < -0.4 is 21.7 Å². The smallest absolute Gasteiger partial charge is 0.326 e. The highest BCUT2D eigenvalue weighted by Gasteiger charge is 2.33. The summed E-state index contributed by atoms with van der Waals surface area (Å²) in [5.41, 5.74) is 8.09. The molecule has 3 rings (SSSR count). The first-order chi connectivity index (χ1) is 19.2. The van der Waals surface area contributed by atoms with Crippen molar-refractivity contribution in [3.63, 3.8) is 0 Å². The van der Waals surface area contributed by atoms with E-state index in [1.165, 1.54) is 18.9 Å². The molecule has 3 aromatic rings. The Hall–Kier alpha value is -4.52. The largest absolute Gasteiger partial charge is 0.480 e. The lowest BCUT2D eigenvalue weighted by atomic mass is 9.96. The Morgan fingerprint density at radius 3 is 2.00 bits per heavy atom. The Bertz CT molecular complexity index is 1230. The van der Waals surface area contributed by atoms with E-state index in [0.29, 0.717) is 17.8 Å². The van der Waals surface area contributed by atoms with Gasteiger partial charge in [-0.2, -0.15) is 0 Å². The van der Waals surface area contributed by atoms with Crippen LogP contribution in [0.5, 0.6) is 0 Å². The Kier molecular flexibility index (Phi) is 10.9. The Labute approximate surface area is 231 Å². The number of H-pyrrole nitrogens is 2. The van der Waals surface area contributed by atoms with Crippen LogP contribution in [0.25, 0.3) is 0 Å². The summed E-state index contributed by atoms with van der Waals surface area (Å²) in [6.45, 7) is 3.63. The summed E-state index contributed by atoms with van der Waals surface area (Å²) in [5.74, 6) is -3.33. The van der Waals surface area contributed by atoms with Crippen molar-refractivity contribution < 1.29 is 24.3 Å². The van der Waals surface area contributed by atoms with Crippen molar-refractivity contribution >= 4 is 23.7 Å². The molecule has 8 N–H and O–H groups in total. The number of aromatic nitrogens is 4. The lowest BCUT2D eigenvalue weighted by Gasteiger charge is -2.28. The zero-order chi connectivity index (χ0) is 29.1. The molecule has 13 heteroatoms. The number of carbonyl (C=O) groups excluding carboxylic acids is 3. The Morgan fingerprint density at radius 2 is 1.45 bits per heavy atom. The lowest BCUT2D eigenvalue weighted by molar-refractivity contribution is -0.142. The summed E-state index contributed by atoms with van der Waals surface area (Å²) >= 11 is 0. The van der Waals surface area contributed by atoms with Gasteiger partial charge in [0.25, 0.3) is 0 Å². The van der Waals surface area contributed by atoms with E-state index in [0.717, 1.165) is 5.56 Å². The van der Waals surface area contributed by atoms with E-state index in [1.54, 1.807) is 13.1 Å². The van der Waals surface area contributed by atoms with E-state index in [2.05, 4.69) is 35.9 Å². The third kappa shape index (κ3) is 8.76. The molecule has 0 spiro atoms. The maximum absolute atomic E-state index is 13.5. The minimum Gasteiger partial charge on any atom is -0.480 e. The van der Waals surface area contributed by atoms with E-state index >= 15 is 0 Å². The first kappa shape index (κ1) is 30.0. The Morgan fingerprint density at radius 1 is 0.850 bits per heavy atom. The highest BCUT2D eigenvalue weighted by Crippen LogP contribution is 2.11. The topological polar surface area (TPSA) is 208 Å². The van der Waals surface area contributed by atoms with Crippen molar-refractivity contribution in [2.45, 2.75) is 63.7 Å². The monoisotopic (exact) mass is 552 g/mol. The number of carboxylic acid groups (broad SMARTS) is 1. The lowest BCUT2D eigenvalue weighted by Crippen LogP contribution is -2.59. The molecule has 40 heavy (non-hydrogen) atoms. The fourth-order valence-electron chi connectivity index (χ4n) is 4.10. The number of carbonyl (C=O) groups is 4. The minimum atomic E-state index is -1.24. The van der Waals surface area contributed by atoms with E-state index in [1.807, 2.05) is 37.3 Å². The number of hydrogen-bond acceptors (Lipinski definition) is 7. The first-order valence-electron chi connectivity index (χ1n) is 13.1. The number of nitrogens with zero attached hydrogens (tertiary/aromatic N) is 2. The highest BCUT2D eigenvalue weighted by molar-refractivity contribution is 5.94. The summed E-state index contributed by atoms with van der Waals surface area (Å²) in [4.78, 5) is 65.1. The van der Waals surface area contributed by atoms with E-state index in [4.69, 9.17) is 5.73 Å². The van der Waals surface area contributed by atoms with Gasteiger partial charge in [0, 0.05) is 43.0 Å². The highest BCUT2D eigenvalue weighted by atomic mass is 16.4. The molecule has 2 heterocycles. The molecule has 0 bridgehead atoms. The third-order valence-corrected chi connectivity index (χ3v) is 6.63. The molecule has 13 nitrogen and oxygen atoms in total. The van der Waals surface area contributed by atoms with Gasteiger partial charge in [-0.05, 0) is 11.5 Å². The molecule has 2 aromatic heterocycles. The number of nitrogens with two attached hydrogens (primary N) is 1. The van der Waals surface area contributed by atoms with Gasteiger partial charge in [-0.3, -0.25) is 14.4 Å². The molecule has 0 saturated heterocycles. The SMILES string of the molecule is CCC(C)C(NC(=O)C(Cc1ccccc1)NC(=O)C(N)Cc1cnc[nH]1)C(=O)NC(Cc1cnc[nH]1)C(=O)O. The fourth-order valence-corrected chi connectivity index (χ4v) is 4.10. The first-order valence-corrected chi connectivity index (χ1v) is 13.1. The zero-order valence-corrected chi connectivity index (χ0v) is 22.5. The fraction of sp³-hybridized carbons (Fsp3) is 0.407. The summed E-state index contributed by atoms with van der Waals surface area (Å²) in [7, 11) is 0. The van der Waals surface area contributed by atoms with Gasteiger partial charge in [0.2, 0.25) is 17.7 Å². The summed E-state index contributed by atoms with van der Waals surface area (Å²) in [5, 5.41) is 17.7. The maximum atomic E-state index is 13.5. The second-order valence-electron chi connectivity index (χ2n) is 9.69. The van der Waals surface area contributed by atoms with Crippen LogP contribution in [-0.4, -0.2) is 72.9 Å². The van der Waals surface area contributed by atoms with Crippen molar-refractivity contribution in [1.29, 1.82) is 0 Å². The van der Waals surface area contributed by atoms with Gasteiger partial charge in [-0.25, -0.2) is 14.8 Å². The van der Waals surface area contributed by atoms with Gasteiger partial charge < -0.3 is 36.8 Å². The molecule has 0 radical (unpaired) electrons. The van der Waals surface area contributed by atoms with Gasteiger partial charge in [-0.1, -0.05) is 50.6 Å². The van der Waals surface area contributed by atoms with Crippen LogP contribution >= 0.6 is 0 Å². The second-order valence-corrected chi connectivity index (χ2v) is 9.69. The number of aliphatic carboxylic acids is 1. The number of benzene rings is 1. The van der Waals surface area contributed by atoms with E-state index < -0.39 is 47.9 Å². The molecule has 3 amide bonds. The zero-order valence-electron chi connectivity index (χ0n) is 22.5. The summed E-state index contributed by atoms with van der Waals surface area (Å²) in [6.07, 6.45) is 6.80. The quantitative estimate of drug-likeness (QED) is 0.137. The second kappa shape index (κ2) is 14.6. The third-order valence-electron chi connectivity index (χ3n) is 6.63. The van der Waals surface area contributed by atoms with Crippen LogP contribution in [0.1, 0.15) is 37.2 Å². The van der Waals surface area contributed by atoms with Crippen LogP contribution in [0.2, 0.25) is 0 Å². The standard InChI is InChI=1S/C27H36N8O5/c1-3-16(2)23(26(38)34-22(27(39)40)11-19-13-30-15-32-19)35-25(37)21(9-17-7-5-4-6-8-17)33-24(36)20(28)10-18-12-29-14-31-18/h4-8,12-16,20-23H,3,9-11,28H2,1-2H3,(H,29,31)(H,30,32)(H,33,36)(H,34,38)(H,35,37)(H,39,40). The molecule has 0 aliphatic rings. The van der Waals surface area contributed by atoms with Gasteiger partial charge in [0.1, 0.15) is 18.1 Å². The van der Waals surface area contributed by atoms with Gasteiger partial charge in [0.15, 0.2) is 0 Å². The molecule has 1 aromatic carbocycles. The van der Waals surface area contributed by atoms with Crippen LogP contribution in [0, 0.1) is 5.92 Å². The number of rotatable bonds is 15. The Balaban J connectivity index is 1.75. The van der Waals surface area contributed by atoms with Crippen LogP contribution in [0.4, 0.5) is 0 Å². The van der Waals surface area contributed by atoms with E-state index in [-0.39, 0.29) is 25.2 Å². The summed E-state index contributed by atoms with van der Waals surface area (Å²) < 4.78 is 0. The number of nitrogens with one attached hydrogen (secondary N) is 5. The normalized spacial score (nSPS) is 14.8. The average molecular weight is 553 g/mol. The van der Waals surface area contributed by atoms with Crippen molar-refractivity contribution in [2.75, 3.05) is 0 Å². The molecule has 5 atom stereocenters. The summed E-state index contributed by atoms with van der Waals surface area (Å²) in [6, 6.07) is 4.84. The van der Waals surface area contributed by atoms with Gasteiger partial charge >= 0.3 is 5.97 Å². The molecule has 5 unspecified atom stereocenters. The molecule has 214 valence electrons.